The van der Waals surface area contributed by atoms with Crippen molar-refractivity contribution in [1.29, 1.82) is 0 Å². The van der Waals surface area contributed by atoms with Crippen LogP contribution in [0.5, 0.6) is 0 Å². The minimum absolute atomic E-state index is 0.217. The zero-order valence-electron chi connectivity index (χ0n) is 11.0. The molecule has 1 aliphatic heterocycles. The van der Waals surface area contributed by atoms with Crippen molar-refractivity contribution in [2.45, 2.75) is 25.2 Å². The maximum absolute atomic E-state index is 12.0. The lowest BCUT2D eigenvalue weighted by Gasteiger charge is -2.14. The number of carbonyl (C=O) groups is 1. The second-order valence-corrected chi connectivity index (χ2v) is 6.29. The van der Waals surface area contributed by atoms with Gasteiger partial charge in [-0.05, 0) is 30.7 Å². The van der Waals surface area contributed by atoms with Crippen molar-refractivity contribution in [3.05, 3.63) is 22.7 Å². The van der Waals surface area contributed by atoms with Crippen LogP contribution in [0.2, 0.25) is 0 Å². The molecule has 1 atom stereocenters. The predicted molar refractivity (Wildman–Crippen MR) is 74.3 cm³/mol. The highest BCUT2D eigenvalue weighted by Crippen LogP contribution is 2.34. The van der Waals surface area contributed by atoms with Crippen molar-refractivity contribution in [1.82, 2.24) is 15.0 Å². The van der Waals surface area contributed by atoms with E-state index >= 15 is 0 Å². The molecule has 1 saturated heterocycles. The second kappa shape index (κ2) is 4.70. The van der Waals surface area contributed by atoms with Crippen molar-refractivity contribution >= 4 is 17.2 Å². The molecule has 0 spiro atoms. The fraction of sp³-hybridized carbons (Fsp3) is 0.500. The van der Waals surface area contributed by atoms with E-state index in [1.165, 1.54) is 0 Å². The minimum Gasteiger partial charge on any atom is -0.342 e. The Morgan fingerprint density at radius 2 is 2.30 bits per heavy atom. The fourth-order valence-corrected chi connectivity index (χ4v) is 3.29. The van der Waals surface area contributed by atoms with E-state index in [-0.39, 0.29) is 5.92 Å². The lowest BCUT2D eigenvalue weighted by molar-refractivity contribution is -0.131. The molecule has 6 heteroatoms. The van der Waals surface area contributed by atoms with Crippen molar-refractivity contribution < 1.29 is 9.32 Å². The van der Waals surface area contributed by atoms with Crippen LogP contribution in [0, 0.1) is 5.92 Å². The molecule has 1 aliphatic carbocycles. The molecule has 1 saturated carbocycles. The number of nitrogens with zero attached hydrogens (tertiary/aromatic N) is 3. The van der Waals surface area contributed by atoms with E-state index in [2.05, 4.69) is 10.1 Å². The Morgan fingerprint density at radius 1 is 1.40 bits per heavy atom. The summed E-state index contributed by atoms with van der Waals surface area (Å²) in [5, 5.41) is 8.07. The van der Waals surface area contributed by atoms with E-state index in [0.717, 1.165) is 43.7 Å². The summed E-state index contributed by atoms with van der Waals surface area (Å²) in [6.45, 7) is 1.56. The van der Waals surface area contributed by atoms with Gasteiger partial charge in [0.2, 0.25) is 5.91 Å². The van der Waals surface area contributed by atoms with E-state index in [4.69, 9.17) is 4.52 Å². The third-order valence-electron chi connectivity index (χ3n) is 4.00. The van der Waals surface area contributed by atoms with Crippen LogP contribution in [0.25, 0.3) is 11.5 Å². The average molecular weight is 289 g/mol. The predicted octanol–water partition coefficient (Wildman–Crippen LogP) is 2.52. The largest absolute Gasteiger partial charge is 0.342 e. The topological polar surface area (TPSA) is 59.2 Å². The molecule has 20 heavy (non-hydrogen) atoms. The van der Waals surface area contributed by atoms with Gasteiger partial charge in [0.15, 0.2) is 5.82 Å². The molecule has 0 aromatic carbocycles. The summed E-state index contributed by atoms with van der Waals surface area (Å²) < 4.78 is 5.32. The van der Waals surface area contributed by atoms with Gasteiger partial charge in [-0.15, -0.1) is 0 Å². The summed E-state index contributed by atoms with van der Waals surface area (Å²) >= 11 is 1.61. The first-order valence-electron chi connectivity index (χ1n) is 6.96. The number of thiophene rings is 1. The highest BCUT2D eigenvalue weighted by Gasteiger charge is 2.38. The van der Waals surface area contributed by atoms with Crippen molar-refractivity contribution in [2.24, 2.45) is 5.92 Å². The SMILES string of the molecule is O=C(C1CC1)N1CC[C@@H](c2noc(-c3ccsc3)n2)C1. The van der Waals surface area contributed by atoms with Gasteiger partial charge in [0.05, 0.1) is 5.56 Å². The highest BCUT2D eigenvalue weighted by molar-refractivity contribution is 7.08. The Bertz CT molecular complexity index is 618. The van der Waals surface area contributed by atoms with E-state index in [9.17, 15) is 4.79 Å². The monoisotopic (exact) mass is 289 g/mol. The van der Waals surface area contributed by atoms with Gasteiger partial charge >= 0.3 is 0 Å². The molecule has 2 fully saturated rings. The lowest BCUT2D eigenvalue weighted by atomic mass is 10.1. The van der Waals surface area contributed by atoms with Crippen LogP contribution in [0.3, 0.4) is 0 Å². The zero-order chi connectivity index (χ0) is 13.5. The number of aromatic nitrogens is 2. The summed E-state index contributed by atoms with van der Waals surface area (Å²) in [6, 6.07) is 1.97. The van der Waals surface area contributed by atoms with Crippen molar-refractivity contribution in [2.75, 3.05) is 13.1 Å². The molecule has 2 aromatic rings. The molecule has 0 radical (unpaired) electrons. The van der Waals surface area contributed by atoms with E-state index < -0.39 is 0 Å². The standard InChI is InChI=1S/C14H15N3O2S/c18-14(9-1-2-9)17-5-3-10(7-17)12-15-13(19-16-12)11-4-6-20-8-11/h4,6,8-10H,1-3,5,7H2/t10-/m1/s1. The van der Waals surface area contributed by atoms with Gasteiger partial charge in [-0.3, -0.25) is 4.79 Å². The molecular formula is C14H15N3O2S. The normalized spacial score (nSPS) is 22.4. The van der Waals surface area contributed by atoms with Crippen LogP contribution >= 0.6 is 11.3 Å². The molecule has 104 valence electrons. The lowest BCUT2D eigenvalue weighted by Crippen LogP contribution is -2.29. The van der Waals surface area contributed by atoms with E-state index in [1.807, 2.05) is 21.7 Å². The van der Waals surface area contributed by atoms with Gasteiger partial charge in [-0.25, -0.2) is 0 Å². The van der Waals surface area contributed by atoms with Crippen LogP contribution in [0.15, 0.2) is 21.3 Å². The minimum atomic E-state index is 0.217. The summed E-state index contributed by atoms with van der Waals surface area (Å²) in [7, 11) is 0. The molecule has 2 aliphatic rings. The molecule has 0 N–H and O–H groups in total. The summed E-state index contributed by atoms with van der Waals surface area (Å²) in [5.74, 6) is 2.13. The molecule has 3 heterocycles. The smallest absolute Gasteiger partial charge is 0.258 e. The Labute approximate surface area is 120 Å². The number of carbonyl (C=O) groups excluding carboxylic acids is 1. The van der Waals surface area contributed by atoms with Crippen LogP contribution in [-0.2, 0) is 4.79 Å². The molecule has 0 unspecified atom stereocenters. The van der Waals surface area contributed by atoms with E-state index in [0.29, 0.717) is 17.7 Å². The quantitative estimate of drug-likeness (QED) is 0.871. The molecular weight excluding hydrogens is 274 g/mol. The Kier molecular flexibility index (Phi) is 2.84. The molecule has 2 aromatic heterocycles. The Balaban J connectivity index is 1.47. The number of amides is 1. The van der Waals surface area contributed by atoms with Crippen LogP contribution in [0.4, 0.5) is 0 Å². The van der Waals surface area contributed by atoms with Crippen molar-refractivity contribution in [3.8, 4) is 11.5 Å². The van der Waals surface area contributed by atoms with E-state index in [1.54, 1.807) is 11.3 Å². The summed E-state index contributed by atoms with van der Waals surface area (Å²) in [6.07, 6.45) is 3.05. The average Bonchev–Trinajstić information content (AvgIpc) is 2.94. The van der Waals surface area contributed by atoms with Gasteiger partial charge in [-0.1, -0.05) is 5.16 Å². The second-order valence-electron chi connectivity index (χ2n) is 5.51. The third kappa shape index (κ3) is 2.14. The first-order valence-corrected chi connectivity index (χ1v) is 7.90. The maximum Gasteiger partial charge on any atom is 0.258 e. The van der Waals surface area contributed by atoms with Gasteiger partial charge in [-0.2, -0.15) is 16.3 Å². The van der Waals surface area contributed by atoms with Crippen LogP contribution < -0.4 is 0 Å². The number of hydrogen-bond donors (Lipinski definition) is 0. The zero-order valence-corrected chi connectivity index (χ0v) is 11.8. The Hall–Kier alpha value is -1.69. The molecule has 1 amide bonds. The number of hydrogen-bond acceptors (Lipinski definition) is 5. The first-order chi connectivity index (χ1) is 9.81. The van der Waals surface area contributed by atoms with Crippen molar-refractivity contribution in [3.63, 3.8) is 0 Å². The van der Waals surface area contributed by atoms with Crippen LogP contribution in [0.1, 0.15) is 31.0 Å². The summed E-state index contributed by atoms with van der Waals surface area (Å²) in [4.78, 5) is 18.5. The molecule has 0 bridgehead atoms. The third-order valence-corrected chi connectivity index (χ3v) is 4.68. The first kappa shape index (κ1) is 12.1. The van der Waals surface area contributed by atoms with Crippen LogP contribution in [-0.4, -0.2) is 34.0 Å². The van der Waals surface area contributed by atoms with Gasteiger partial charge in [0.1, 0.15) is 0 Å². The molecule has 4 rings (SSSR count). The van der Waals surface area contributed by atoms with Gasteiger partial charge in [0.25, 0.3) is 5.89 Å². The highest BCUT2D eigenvalue weighted by atomic mass is 32.1. The summed E-state index contributed by atoms with van der Waals surface area (Å²) in [5.41, 5.74) is 0.970. The fourth-order valence-electron chi connectivity index (χ4n) is 2.66. The maximum atomic E-state index is 12.0. The number of rotatable bonds is 3. The number of likely N-dealkylation sites (tertiary alicyclic amines) is 1. The van der Waals surface area contributed by atoms with Gasteiger partial charge < -0.3 is 9.42 Å². The molecule has 5 nitrogen and oxygen atoms in total. The Morgan fingerprint density at radius 3 is 3.05 bits per heavy atom. The van der Waals surface area contributed by atoms with Gasteiger partial charge in [0, 0.05) is 30.3 Å².